The molecule has 1 aliphatic heterocycles. The Labute approximate surface area is 105 Å². The van der Waals surface area contributed by atoms with Gasteiger partial charge in [0.15, 0.2) is 10.3 Å². The highest BCUT2D eigenvalue weighted by atomic mass is 32.2. The maximum atomic E-state index is 5.12. The zero-order chi connectivity index (χ0) is 11.4. The Morgan fingerprint density at radius 3 is 3.12 bits per heavy atom. The summed E-state index contributed by atoms with van der Waals surface area (Å²) in [4.78, 5) is 5.68. The molecule has 0 radical (unpaired) electrons. The summed E-state index contributed by atoms with van der Waals surface area (Å²) in [5.41, 5.74) is 1.27. The van der Waals surface area contributed by atoms with Crippen molar-refractivity contribution in [1.82, 2.24) is 10.6 Å². The minimum atomic E-state index is 0.633. The zero-order valence-corrected chi connectivity index (χ0v) is 10.6. The summed E-state index contributed by atoms with van der Waals surface area (Å²) >= 11 is 6.74. The molecule has 1 aromatic carbocycles. The fourth-order valence-corrected chi connectivity index (χ4v) is 2.60. The van der Waals surface area contributed by atoms with E-state index in [1.165, 1.54) is 10.5 Å². The van der Waals surface area contributed by atoms with Crippen LogP contribution in [0.3, 0.4) is 0 Å². The van der Waals surface area contributed by atoms with Crippen LogP contribution in [0.5, 0.6) is 0 Å². The molecule has 1 aliphatic rings. The van der Waals surface area contributed by atoms with Crippen molar-refractivity contribution in [2.24, 2.45) is 4.99 Å². The predicted molar refractivity (Wildman–Crippen MR) is 72.8 cm³/mol. The van der Waals surface area contributed by atoms with E-state index >= 15 is 0 Å². The van der Waals surface area contributed by atoms with Gasteiger partial charge in [0.25, 0.3) is 0 Å². The average Bonchev–Trinajstić information content (AvgIpc) is 2.29. The first-order chi connectivity index (χ1) is 7.79. The maximum absolute atomic E-state index is 5.12. The Bertz CT molecular complexity index is 429. The molecule has 2 rings (SSSR count). The Balaban J connectivity index is 2.01. The third kappa shape index (κ3) is 2.74. The summed E-state index contributed by atoms with van der Waals surface area (Å²) in [5, 5.41) is 7.63. The van der Waals surface area contributed by atoms with Crippen LogP contribution in [0.4, 0.5) is 0 Å². The molecule has 5 heteroatoms. The molecule has 84 valence electrons. The highest BCUT2D eigenvalue weighted by Crippen LogP contribution is 2.27. The van der Waals surface area contributed by atoms with Gasteiger partial charge in [-0.15, -0.1) is 0 Å². The van der Waals surface area contributed by atoms with E-state index in [1.807, 2.05) is 19.1 Å². The topological polar surface area (TPSA) is 36.4 Å². The van der Waals surface area contributed by atoms with Crippen LogP contribution in [-0.2, 0) is 6.54 Å². The number of hydrogen-bond acceptors (Lipinski definition) is 3. The smallest absolute Gasteiger partial charge is 0.172 e. The summed E-state index contributed by atoms with van der Waals surface area (Å²) in [6.45, 7) is 3.56. The lowest BCUT2D eigenvalue weighted by molar-refractivity contribution is 0.950. The van der Waals surface area contributed by atoms with E-state index in [2.05, 4.69) is 27.8 Å². The molecule has 0 bridgehead atoms. The standard InChI is InChI=1S/C11H13N3S2/c1-2-12-10(15)14-11-13-7-8-5-3-4-6-9(8)16-11/h3-6H,2,7H2,1H3,(H2,12,13,14,15). The number of thiocarbonyl (C=S) groups is 1. The second-order valence-corrected chi connectivity index (χ2v) is 4.75. The normalized spacial score (nSPS) is 13.7. The quantitative estimate of drug-likeness (QED) is 0.750. The van der Waals surface area contributed by atoms with Gasteiger partial charge < -0.3 is 10.6 Å². The highest BCUT2D eigenvalue weighted by molar-refractivity contribution is 8.14. The summed E-state index contributed by atoms with van der Waals surface area (Å²) in [6.07, 6.45) is 0. The lowest BCUT2D eigenvalue weighted by Gasteiger charge is -2.16. The molecule has 3 nitrogen and oxygen atoms in total. The molecule has 0 unspecified atom stereocenters. The van der Waals surface area contributed by atoms with E-state index in [1.54, 1.807) is 11.8 Å². The number of fused-ring (bicyclic) bond motifs is 1. The Morgan fingerprint density at radius 1 is 1.50 bits per heavy atom. The number of nitrogens with zero attached hydrogens (tertiary/aromatic N) is 1. The van der Waals surface area contributed by atoms with Crippen LogP contribution in [0.15, 0.2) is 34.2 Å². The van der Waals surface area contributed by atoms with Gasteiger partial charge in [0.05, 0.1) is 6.54 Å². The number of hydrogen-bond donors (Lipinski definition) is 2. The van der Waals surface area contributed by atoms with Gasteiger partial charge >= 0.3 is 0 Å². The number of benzene rings is 1. The van der Waals surface area contributed by atoms with Crippen molar-refractivity contribution in [2.75, 3.05) is 6.54 Å². The van der Waals surface area contributed by atoms with Crippen LogP contribution in [0.25, 0.3) is 0 Å². The first kappa shape index (κ1) is 11.4. The van der Waals surface area contributed by atoms with E-state index in [9.17, 15) is 0 Å². The number of rotatable bonds is 1. The molecule has 0 atom stereocenters. The first-order valence-corrected chi connectivity index (χ1v) is 6.37. The monoisotopic (exact) mass is 251 g/mol. The van der Waals surface area contributed by atoms with E-state index in [4.69, 9.17) is 12.2 Å². The number of thioether (sulfide) groups is 1. The van der Waals surface area contributed by atoms with E-state index < -0.39 is 0 Å². The highest BCUT2D eigenvalue weighted by Gasteiger charge is 2.12. The molecule has 0 saturated heterocycles. The Morgan fingerprint density at radius 2 is 2.31 bits per heavy atom. The van der Waals surface area contributed by atoms with Crippen molar-refractivity contribution in [3.05, 3.63) is 29.8 Å². The lowest BCUT2D eigenvalue weighted by Crippen LogP contribution is -2.38. The van der Waals surface area contributed by atoms with Crippen molar-refractivity contribution in [2.45, 2.75) is 18.4 Å². The SMILES string of the molecule is CCNC(=S)NC1=NCc2ccccc2S1. The van der Waals surface area contributed by atoms with Crippen LogP contribution >= 0.6 is 24.0 Å². The van der Waals surface area contributed by atoms with E-state index in [-0.39, 0.29) is 0 Å². The van der Waals surface area contributed by atoms with Gasteiger partial charge in [-0.05, 0) is 30.8 Å². The second-order valence-electron chi connectivity index (χ2n) is 3.32. The predicted octanol–water partition coefficient (Wildman–Crippen LogP) is 2.13. The largest absolute Gasteiger partial charge is 0.363 e. The maximum Gasteiger partial charge on any atom is 0.172 e. The van der Waals surface area contributed by atoms with Crippen LogP contribution in [0.2, 0.25) is 0 Å². The molecule has 0 aromatic heterocycles. The average molecular weight is 251 g/mol. The lowest BCUT2D eigenvalue weighted by atomic mass is 10.2. The summed E-state index contributed by atoms with van der Waals surface area (Å²) < 4.78 is 0. The molecule has 0 fully saturated rings. The molecule has 2 N–H and O–H groups in total. The van der Waals surface area contributed by atoms with Gasteiger partial charge in [0, 0.05) is 11.4 Å². The molecular weight excluding hydrogens is 238 g/mol. The van der Waals surface area contributed by atoms with E-state index in [0.29, 0.717) is 5.11 Å². The number of aliphatic imine (C=N–C) groups is 1. The molecule has 0 spiro atoms. The van der Waals surface area contributed by atoms with Crippen molar-refractivity contribution >= 4 is 34.3 Å². The molecular formula is C11H13N3S2. The van der Waals surface area contributed by atoms with Crippen molar-refractivity contribution in [1.29, 1.82) is 0 Å². The van der Waals surface area contributed by atoms with Crippen molar-refractivity contribution < 1.29 is 0 Å². The number of amidine groups is 1. The fourth-order valence-electron chi connectivity index (χ4n) is 1.39. The molecule has 0 amide bonds. The van der Waals surface area contributed by atoms with Crippen molar-refractivity contribution in [3.8, 4) is 0 Å². The summed E-state index contributed by atoms with van der Waals surface area (Å²) in [6, 6.07) is 8.28. The summed E-state index contributed by atoms with van der Waals surface area (Å²) in [5.74, 6) is 0. The van der Waals surface area contributed by atoms with Gasteiger partial charge in [0.2, 0.25) is 0 Å². The van der Waals surface area contributed by atoms with Crippen LogP contribution in [-0.4, -0.2) is 16.8 Å². The number of nitrogens with one attached hydrogen (secondary N) is 2. The van der Waals surface area contributed by atoms with Gasteiger partial charge in [-0.25, -0.2) is 0 Å². The zero-order valence-electron chi connectivity index (χ0n) is 8.99. The van der Waals surface area contributed by atoms with Gasteiger partial charge in [-0.1, -0.05) is 30.0 Å². The summed E-state index contributed by atoms with van der Waals surface area (Å²) in [7, 11) is 0. The fraction of sp³-hybridized carbons (Fsp3) is 0.273. The second kappa shape index (κ2) is 5.32. The van der Waals surface area contributed by atoms with E-state index in [0.717, 1.165) is 18.3 Å². The van der Waals surface area contributed by atoms with Gasteiger partial charge in [-0.2, -0.15) is 0 Å². The third-order valence-corrected chi connectivity index (χ3v) is 3.42. The Hall–Kier alpha value is -1.07. The van der Waals surface area contributed by atoms with Crippen LogP contribution < -0.4 is 10.6 Å². The minimum Gasteiger partial charge on any atom is -0.363 e. The van der Waals surface area contributed by atoms with Crippen LogP contribution in [0.1, 0.15) is 12.5 Å². The van der Waals surface area contributed by atoms with Gasteiger partial charge in [-0.3, -0.25) is 4.99 Å². The molecule has 16 heavy (non-hydrogen) atoms. The molecule has 0 aliphatic carbocycles. The molecule has 0 saturated carbocycles. The minimum absolute atomic E-state index is 0.633. The Kier molecular flexibility index (Phi) is 3.79. The first-order valence-electron chi connectivity index (χ1n) is 5.14. The molecule has 1 aromatic rings. The van der Waals surface area contributed by atoms with Gasteiger partial charge in [0.1, 0.15) is 0 Å². The van der Waals surface area contributed by atoms with Crippen molar-refractivity contribution in [3.63, 3.8) is 0 Å². The van der Waals surface area contributed by atoms with Crippen LogP contribution in [0, 0.1) is 0 Å². The third-order valence-electron chi connectivity index (χ3n) is 2.13. The molecule has 1 heterocycles.